The predicted octanol–water partition coefficient (Wildman–Crippen LogP) is -0.503. The Hall–Kier alpha value is -1.14. The van der Waals surface area contributed by atoms with Crippen LogP contribution in [0.15, 0.2) is 0 Å². The fourth-order valence-electron chi connectivity index (χ4n) is 0.187. The Balaban J connectivity index is 3.20. The third-order valence-electron chi connectivity index (χ3n) is 0.455. The van der Waals surface area contributed by atoms with Crippen molar-refractivity contribution in [2.24, 2.45) is 0 Å². The van der Waals surface area contributed by atoms with E-state index in [1.807, 2.05) is 0 Å². The van der Waals surface area contributed by atoms with Crippen molar-refractivity contribution in [2.45, 2.75) is 6.92 Å². The van der Waals surface area contributed by atoms with Crippen LogP contribution < -0.4 is 0 Å². The average molecular weight is 150 g/mol. The summed E-state index contributed by atoms with van der Waals surface area (Å²) in [5.74, 6) is -1.73. The molecule has 0 spiro atoms. The maximum atomic E-state index is 10.0. The zero-order valence-corrected chi connectivity index (χ0v) is 5.20. The first-order chi connectivity index (χ1) is 4.66. The highest BCUT2D eigenvalue weighted by Gasteiger charge is 2.03. The van der Waals surface area contributed by atoms with Gasteiger partial charge in [0.15, 0.2) is 6.61 Å². The van der Waals surface area contributed by atoms with Gasteiger partial charge in [-0.05, 0) is 0 Å². The second-order valence-corrected chi connectivity index (χ2v) is 1.30. The first-order valence-corrected chi connectivity index (χ1v) is 2.31. The second-order valence-electron chi connectivity index (χ2n) is 1.30. The highest BCUT2D eigenvalue weighted by atomic mass is 17.2. The second kappa shape index (κ2) is 4.71. The molecule has 6 heteroatoms. The Morgan fingerprint density at radius 1 is 1.50 bits per heavy atom. The molecular weight excluding hydrogens is 144 g/mol. The Bertz CT molecular complexity index is 130. The van der Waals surface area contributed by atoms with Crippen LogP contribution in [-0.4, -0.2) is 23.8 Å². The van der Waals surface area contributed by atoms with Crippen molar-refractivity contribution in [1.82, 2.24) is 0 Å². The van der Waals surface area contributed by atoms with Crippen LogP contribution in [0.1, 0.15) is 6.92 Å². The zero-order chi connectivity index (χ0) is 7.98. The van der Waals surface area contributed by atoms with Gasteiger partial charge in [-0.25, -0.2) is 9.59 Å². The quantitative estimate of drug-likeness (QED) is 0.431. The SMILES string of the molecule is CC(=O)OOCC(=O)OO. The molecule has 0 unspecified atom stereocenters. The van der Waals surface area contributed by atoms with Crippen molar-refractivity contribution in [2.75, 3.05) is 6.61 Å². The summed E-state index contributed by atoms with van der Waals surface area (Å²) >= 11 is 0. The summed E-state index contributed by atoms with van der Waals surface area (Å²) in [4.78, 5) is 31.0. The van der Waals surface area contributed by atoms with Crippen molar-refractivity contribution < 1.29 is 29.5 Å². The lowest BCUT2D eigenvalue weighted by Gasteiger charge is -1.96. The van der Waals surface area contributed by atoms with Crippen LogP contribution in [0, 0.1) is 0 Å². The molecule has 0 aliphatic rings. The molecule has 0 aliphatic heterocycles. The maximum Gasteiger partial charge on any atom is 0.371 e. The highest BCUT2D eigenvalue weighted by molar-refractivity contribution is 5.70. The minimum Gasteiger partial charge on any atom is -0.298 e. The van der Waals surface area contributed by atoms with Crippen LogP contribution in [-0.2, 0) is 24.3 Å². The molecule has 10 heavy (non-hydrogen) atoms. The van der Waals surface area contributed by atoms with Crippen LogP contribution in [0.5, 0.6) is 0 Å². The molecule has 6 nitrogen and oxygen atoms in total. The predicted molar refractivity (Wildman–Crippen MR) is 26.4 cm³/mol. The van der Waals surface area contributed by atoms with Gasteiger partial charge in [-0.15, -0.1) is 0 Å². The van der Waals surface area contributed by atoms with Crippen molar-refractivity contribution in [3.8, 4) is 0 Å². The maximum absolute atomic E-state index is 10.0. The van der Waals surface area contributed by atoms with Gasteiger partial charge in [-0.3, -0.25) is 9.78 Å². The lowest BCUT2D eigenvalue weighted by Crippen LogP contribution is -2.12. The van der Waals surface area contributed by atoms with Gasteiger partial charge >= 0.3 is 11.9 Å². The van der Waals surface area contributed by atoms with Gasteiger partial charge in [0.25, 0.3) is 0 Å². The minimum atomic E-state index is -1.04. The zero-order valence-electron chi connectivity index (χ0n) is 5.20. The molecule has 0 aliphatic carbocycles. The third kappa shape index (κ3) is 5.01. The number of rotatable bonds is 3. The van der Waals surface area contributed by atoms with Crippen LogP contribution in [0.3, 0.4) is 0 Å². The number of carbonyl (C=O) groups excluding carboxylic acids is 2. The lowest BCUT2D eigenvalue weighted by molar-refractivity contribution is -0.286. The van der Waals surface area contributed by atoms with E-state index in [1.54, 1.807) is 0 Å². The first kappa shape index (κ1) is 8.86. The molecule has 0 aromatic carbocycles. The Kier molecular flexibility index (Phi) is 4.17. The average Bonchev–Trinajstić information content (AvgIpc) is 1.87. The molecule has 58 valence electrons. The molecule has 0 fully saturated rings. The summed E-state index contributed by atoms with van der Waals surface area (Å²) in [6.45, 7) is 0.473. The third-order valence-corrected chi connectivity index (χ3v) is 0.455. The summed E-state index contributed by atoms with van der Waals surface area (Å²) in [6, 6.07) is 0. The van der Waals surface area contributed by atoms with Gasteiger partial charge < -0.3 is 0 Å². The van der Waals surface area contributed by atoms with E-state index in [2.05, 4.69) is 14.7 Å². The Morgan fingerprint density at radius 3 is 2.50 bits per heavy atom. The largest absolute Gasteiger partial charge is 0.371 e. The van der Waals surface area contributed by atoms with E-state index >= 15 is 0 Å². The Morgan fingerprint density at radius 2 is 2.10 bits per heavy atom. The van der Waals surface area contributed by atoms with E-state index < -0.39 is 18.5 Å². The molecule has 0 bridgehead atoms. The van der Waals surface area contributed by atoms with Gasteiger partial charge in [-0.2, -0.15) is 10.1 Å². The van der Waals surface area contributed by atoms with E-state index in [4.69, 9.17) is 5.26 Å². The number of hydrogen-bond acceptors (Lipinski definition) is 6. The highest BCUT2D eigenvalue weighted by Crippen LogP contribution is 1.81. The molecule has 0 aromatic heterocycles. The van der Waals surface area contributed by atoms with Crippen molar-refractivity contribution in [1.29, 1.82) is 0 Å². The van der Waals surface area contributed by atoms with E-state index in [1.165, 1.54) is 0 Å². The van der Waals surface area contributed by atoms with Gasteiger partial charge in [0, 0.05) is 6.92 Å². The smallest absolute Gasteiger partial charge is 0.298 e. The topological polar surface area (TPSA) is 82.1 Å². The van der Waals surface area contributed by atoms with Crippen LogP contribution >= 0.6 is 0 Å². The molecule has 0 saturated heterocycles. The van der Waals surface area contributed by atoms with E-state index in [0.29, 0.717) is 0 Å². The molecule has 0 radical (unpaired) electrons. The first-order valence-electron chi connectivity index (χ1n) is 2.31. The molecular formula is C4H6O6. The van der Waals surface area contributed by atoms with Gasteiger partial charge in [-0.1, -0.05) is 0 Å². The molecule has 0 amide bonds. The molecule has 0 rings (SSSR count). The van der Waals surface area contributed by atoms with Gasteiger partial charge in [0.05, 0.1) is 0 Å². The minimum absolute atomic E-state index is 0.629. The fraction of sp³-hybridized carbons (Fsp3) is 0.500. The van der Waals surface area contributed by atoms with E-state index in [-0.39, 0.29) is 0 Å². The number of carbonyl (C=O) groups is 2. The van der Waals surface area contributed by atoms with Crippen LogP contribution in [0.4, 0.5) is 0 Å². The van der Waals surface area contributed by atoms with Crippen LogP contribution in [0.2, 0.25) is 0 Å². The summed E-state index contributed by atoms with van der Waals surface area (Å²) < 4.78 is 0. The standard InChI is InChI=1S/C4H6O6/c1-3(5)10-8-2-4(6)9-7/h7H,2H2,1H3. The van der Waals surface area contributed by atoms with Crippen molar-refractivity contribution >= 4 is 11.9 Å². The van der Waals surface area contributed by atoms with Gasteiger partial charge in [0.2, 0.25) is 0 Å². The van der Waals surface area contributed by atoms with E-state index in [0.717, 1.165) is 6.92 Å². The fourth-order valence-corrected chi connectivity index (χ4v) is 0.187. The van der Waals surface area contributed by atoms with Crippen molar-refractivity contribution in [3.63, 3.8) is 0 Å². The molecule has 0 heterocycles. The number of hydrogen-bond donors (Lipinski definition) is 1. The monoisotopic (exact) mass is 150 g/mol. The van der Waals surface area contributed by atoms with Crippen molar-refractivity contribution in [3.05, 3.63) is 0 Å². The summed E-state index contributed by atoms with van der Waals surface area (Å²) in [5, 5.41) is 7.63. The summed E-state index contributed by atoms with van der Waals surface area (Å²) in [7, 11) is 0. The normalized spacial score (nSPS) is 8.60. The van der Waals surface area contributed by atoms with Crippen LogP contribution in [0.25, 0.3) is 0 Å². The Labute approximate surface area is 56.2 Å². The van der Waals surface area contributed by atoms with E-state index in [9.17, 15) is 9.59 Å². The molecule has 1 N–H and O–H groups in total. The summed E-state index contributed by atoms with van der Waals surface area (Å²) in [5.41, 5.74) is 0. The molecule has 0 saturated carbocycles. The molecule has 0 aromatic rings. The summed E-state index contributed by atoms with van der Waals surface area (Å²) in [6.07, 6.45) is 0. The molecule has 0 atom stereocenters. The van der Waals surface area contributed by atoms with Gasteiger partial charge in [0.1, 0.15) is 0 Å². The lowest BCUT2D eigenvalue weighted by atomic mass is 10.8.